The number of aliphatic carboxylic acids is 1. The lowest BCUT2D eigenvalue weighted by Crippen LogP contribution is -2.44. The van der Waals surface area contributed by atoms with E-state index in [1.807, 2.05) is 41.3 Å². The van der Waals surface area contributed by atoms with Crippen molar-refractivity contribution in [3.05, 3.63) is 42.0 Å². The largest absolute Gasteiger partial charge is 0.497 e. The van der Waals surface area contributed by atoms with E-state index in [1.165, 1.54) is 0 Å². The summed E-state index contributed by atoms with van der Waals surface area (Å²) in [6.07, 6.45) is 3.90. The number of carboxylic acids is 1. The maximum Gasteiger partial charge on any atom is 0.303 e. The first kappa shape index (κ1) is 18.2. The molecule has 1 fully saturated rings. The van der Waals surface area contributed by atoms with Gasteiger partial charge in [0.25, 0.3) is 0 Å². The summed E-state index contributed by atoms with van der Waals surface area (Å²) in [5.74, 6) is 0.0502. The van der Waals surface area contributed by atoms with Gasteiger partial charge >= 0.3 is 5.97 Å². The van der Waals surface area contributed by atoms with Gasteiger partial charge in [-0.3, -0.25) is 9.59 Å². The predicted molar refractivity (Wildman–Crippen MR) is 100 cm³/mol. The van der Waals surface area contributed by atoms with E-state index in [-0.39, 0.29) is 18.4 Å². The van der Waals surface area contributed by atoms with Crippen molar-refractivity contribution in [2.24, 2.45) is 0 Å². The Morgan fingerprint density at radius 1 is 1.23 bits per heavy atom. The van der Waals surface area contributed by atoms with Gasteiger partial charge in [0.1, 0.15) is 5.75 Å². The van der Waals surface area contributed by atoms with E-state index in [9.17, 15) is 9.59 Å². The highest BCUT2D eigenvalue weighted by molar-refractivity contribution is 5.91. The number of hydrogen-bond acceptors (Lipinski definition) is 3. The van der Waals surface area contributed by atoms with Crippen LogP contribution in [0, 0.1) is 0 Å². The number of amides is 1. The summed E-state index contributed by atoms with van der Waals surface area (Å²) in [5.41, 5.74) is 0.981. The molecular formula is C21H25NO4. The Balaban J connectivity index is 1.79. The minimum Gasteiger partial charge on any atom is -0.497 e. The molecule has 1 saturated heterocycles. The van der Waals surface area contributed by atoms with E-state index in [0.29, 0.717) is 12.8 Å². The maximum absolute atomic E-state index is 13.0. The summed E-state index contributed by atoms with van der Waals surface area (Å²) in [7, 11) is 1.63. The molecule has 5 heteroatoms. The van der Waals surface area contributed by atoms with Crippen molar-refractivity contribution >= 4 is 22.6 Å². The number of hydrogen-bond donors (Lipinski definition) is 1. The van der Waals surface area contributed by atoms with Gasteiger partial charge in [0.15, 0.2) is 0 Å². The van der Waals surface area contributed by atoms with Crippen molar-refractivity contribution in [2.45, 2.75) is 44.6 Å². The molecule has 3 rings (SSSR count). The van der Waals surface area contributed by atoms with Crippen LogP contribution in [0.15, 0.2) is 36.4 Å². The number of carbonyl (C=O) groups is 2. The average molecular weight is 355 g/mol. The van der Waals surface area contributed by atoms with E-state index in [4.69, 9.17) is 9.84 Å². The molecule has 0 spiro atoms. The number of piperidine rings is 1. The van der Waals surface area contributed by atoms with Gasteiger partial charge in [0.2, 0.25) is 5.91 Å². The highest BCUT2D eigenvalue weighted by Crippen LogP contribution is 2.26. The number of nitrogens with zero attached hydrogens (tertiary/aromatic N) is 1. The van der Waals surface area contributed by atoms with Gasteiger partial charge in [-0.25, -0.2) is 0 Å². The van der Waals surface area contributed by atoms with Gasteiger partial charge < -0.3 is 14.7 Å². The molecule has 0 radical (unpaired) electrons. The molecular weight excluding hydrogens is 330 g/mol. The zero-order valence-corrected chi connectivity index (χ0v) is 15.1. The molecule has 0 saturated carbocycles. The number of carboxylic acid groups (broad SMARTS) is 1. The van der Waals surface area contributed by atoms with Crippen LogP contribution in [0.25, 0.3) is 10.8 Å². The molecule has 138 valence electrons. The van der Waals surface area contributed by atoms with Crippen molar-refractivity contribution in [2.75, 3.05) is 13.7 Å². The molecule has 1 heterocycles. The van der Waals surface area contributed by atoms with Crippen LogP contribution in [0.5, 0.6) is 5.75 Å². The zero-order valence-electron chi connectivity index (χ0n) is 15.1. The molecule has 1 unspecified atom stereocenters. The fraction of sp³-hybridized carbons (Fsp3) is 0.429. The van der Waals surface area contributed by atoms with Gasteiger partial charge in [-0.2, -0.15) is 0 Å². The van der Waals surface area contributed by atoms with Gasteiger partial charge in [-0.1, -0.05) is 24.3 Å². The molecule has 5 nitrogen and oxygen atoms in total. The monoisotopic (exact) mass is 355 g/mol. The van der Waals surface area contributed by atoms with Crippen LogP contribution in [0.2, 0.25) is 0 Å². The van der Waals surface area contributed by atoms with Gasteiger partial charge in [0.05, 0.1) is 13.5 Å². The molecule has 1 amide bonds. The summed E-state index contributed by atoms with van der Waals surface area (Å²) in [6.45, 7) is 0.719. The van der Waals surface area contributed by atoms with Crippen molar-refractivity contribution in [1.29, 1.82) is 0 Å². The number of rotatable bonds is 6. The van der Waals surface area contributed by atoms with Crippen LogP contribution in [0.3, 0.4) is 0 Å². The van der Waals surface area contributed by atoms with Crippen molar-refractivity contribution in [3.8, 4) is 5.75 Å². The minimum atomic E-state index is -0.802. The number of benzene rings is 2. The van der Waals surface area contributed by atoms with E-state index in [0.717, 1.165) is 47.9 Å². The number of ether oxygens (including phenoxy) is 1. The second-order valence-electron chi connectivity index (χ2n) is 6.85. The van der Waals surface area contributed by atoms with Crippen LogP contribution in [-0.2, 0) is 16.0 Å². The molecule has 1 N–H and O–H groups in total. The normalized spacial score (nSPS) is 17.3. The summed E-state index contributed by atoms with van der Waals surface area (Å²) in [6, 6.07) is 11.9. The number of fused-ring (bicyclic) bond motifs is 1. The van der Waals surface area contributed by atoms with E-state index >= 15 is 0 Å². The maximum atomic E-state index is 13.0. The molecule has 2 aromatic rings. The fourth-order valence-corrected chi connectivity index (χ4v) is 3.78. The number of likely N-dealkylation sites (tertiary alicyclic amines) is 1. The summed E-state index contributed by atoms with van der Waals surface area (Å²) >= 11 is 0. The highest BCUT2D eigenvalue weighted by Gasteiger charge is 2.27. The lowest BCUT2D eigenvalue weighted by atomic mass is 9.96. The van der Waals surface area contributed by atoms with Crippen LogP contribution in [-0.4, -0.2) is 41.6 Å². The molecule has 0 bridgehead atoms. The summed E-state index contributed by atoms with van der Waals surface area (Å²) < 4.78 is 5.32. The second-order valence-corrected chi connectivity index (χ2v) is 6.85. The van der Waals surface area contributed by atoms with E-state index in [2.05, 4.69) is 0 Å². The van der Waals surface area contributed by atoms with Gasteiger partial charge in [0, 0.05) is 19.0 Å². The van der Waals surface area contributed by atoms with Gasteiger partial charge in [-0.05, 0) is 54.2 Å². The zero-order chi connectivity index (χ0) is 18.5. The third-order valence-electron chi connectivity index (χ3n) is 5.16. The van der Waals surface area contributed by atoms with Crippen LogP contribution >= 0.6 is 0 Å². The smallest absolute Gasteiger partial charge is 0.303 e. The van der Waals surface area contributed by atoms with Crippen LogP contribution < -0.4 is 4.74 Å². The lowest BCUT2D eigenvalue weighted by molar-refractivity contribution is -0.139. The molecule has 0 aliphatic carbocycles. The second kappa shape index (κ2) is 8.21. The van der Waals surface area contributed by atoms with Gasteiger partial charge in [-0.15, -0.1) is 0 Å². The Morgan fingerprint density at radius 2 is 2.08 bits per heavy atom. The topological polar surface area (TPSA) is 66.8 Å². The SMILES string of the molecule is COc1ccc2cccc(CC(=O)N3CCCCC3CCC(=O)O)c2c1. The quantitative estimate of drug-likeness (QED) is 0.859. The van der Waals surface area contributed by atoms with E-state index < -0.39 is 5.97 Å². The number of methoxy groups -OCH3 is 1. The third kappa shape index (κ3) is 4.15. The Hall–Kier alpha value is -2.56. The molecule has 1 aliphatic rings. The average Bonchev–Trinajstić information content (AvgIpc) is 2.66. The number of carbonyl (C=O) groups excluding carboxylic acids is 1. The predicted octanol–water partition coefficient (Wildman–Crippen LogP) is 3.64. The molecule has 1 aliphatic heterocycles. The molecule has 2 aromatic carbocycles. The van der Waals surface area contributed by atoms with E-state index in [1.54, 1.807) is 7.11 Å². The van der Waals surface area contributed by atoms with Crippen LogP contribution in [0.4, 0.5) is 0 Å². The first-order valence-electron chi connectivity index (χ1n) is 9.15. The molecule has 26 heavy (non-hydrogen) atoms. The first-order valence-corrected chi connectivity index (χ1v) is 9.15. The Kier molecular flexibility index (Phi) is 5.76. The van der Waals surface area contributed by atoms with Crippen molar-refractivity contribution < 1.29 is 19.4 Å². The minimum absolute atomic E-state index is 0.0388. The Bertz CT molecular complexity index is 802. The van der Waals surface area contributed by atoms with Crippen molar-refractivity contribution in [1.82, 2.24) is 4.90 Å². The van der Waals surface area contributed by atoms with Crippen LogP contribution in [0.1, 0.15) is 37.7 Å². The summed E-state index contributed by atoms with van der Waals surface area (Å²) in [4.78, 5) is 25.8. The first-order chi connectivity index (χ1) is 12.6. The van der Waals surface area contributed by atoms with Crippen molar-refractivity contribution in [3.63, 3.8) is 0 Å². The molecule has 1 atom stereocenters. The third-order valence-corrected chi connectivity index (χ3v) is 5.16. The lowest BCUT2D eigenvalue weighted by Gasteiger charge is -2.36. The Morgan fingerprint density at radius 3 is 2.85 bits per heavy atom. The highest BCUT2D eigenvalue weighted by atomic mass is 16.5. The summed E-state index contributed by atoms with van der Waals surface area (Å²) in [5, 5.41) is 11.1. The molecule has 0 aromatic heterocycles. The Labute approximate surface area is 153 Å². The fourth-order valence-electron chi connectivity index (χ4n) is 3.78. The standard InChI is InChI=1S/C21H25NO4/c1-26-18-10-8-15-5-4-6-16(19(15)14-18)13-20(23)22-12-3-2-7-17(22)9-11-21(24)25/h4-6,8,10,14,17H,2-3,7,9,11-13H2,1H3,(H,24,25).